The summed E-state index contributed by atoms with van der Waals surface area (Å²) in [5, 5.41) is 23.2. The first kappa shape index (κ1) is 18.2. The monoisotopic (exact) mass is 416 g/mol. The molecule has 24 heavy (non-hydrogen) atoms. The third kappa shape index (κ3) is 4.21. The van der Waals surface area contributed by atoms with E-state index in [2.05, 4.69) is 21.2 Å². The molecule has 0 bridgehead atoms. The van der Waals surface area contributed by atoms with E-state index in [9.17, 15) is 19.3 Å². The number of nitrogens with zero attached hydrogens (tertiary/aromatic N) is 1. The summed E-state index contributed by atoms with van der Waals surface area (Å²) in [6.07, 6.45) is -0.483. The van der Waals surface area contributed by atoms with Crippen molar-refractivity contribution in [2.24, 2.45) is 0 Å². The number of anilines is 1. The van der Waals surface area contributed by atoms with E-state index in [1.54, 1.807) is 6.07 Å². The molecule has 2 N–H and O–H groups in total. The lowest BCUT2D eigenvalue weighted by molar-refractivity contribution is -0.384. The van der Waals surface area contributed by atoms with Crippen LogP contribution >= 0.6 is 27.5 Å². The molecular weight excluding hydrogens is 407 g/mol. The average Bonchev–Trinajstić information content (AvgIpc) is 2.46. The molecule has 0 saturated carbocycles. The minimum Gasteiger partial charge on any atom is -0.481 e. The Hall–Kier alpha value is -2.19. The van der Waals surface area contributed by atoms with Gasteiger partial charge in [0, 0.05) is 21.1 Å². The Morgan fingerprint density at radius 1 is 1.42 bits per heavy atom. The molecule has 0 aliphatic heterocycles. The predicted molar refractivity (Wildman–Crippen MR) is 90.8 cm³/mol. The van der Waals surface area contributed by atoms with Crippen molar-refractivity contribution < 1.29 is 19.2 Å². The Bertz CT molecular complexity index is 783. The Labute approximate surface area is 149 Å². The summed E-state index contributed by atoms with van der Waals surface area (Å²) in [6, 6.07) is 7.00. The van der Waals surface area contributed by atoms with Crippen molar-refractivity contribution in [1.82, 2.24) is 0 Å². The standard InChI is InChI=1S/C15H11BrClFN2O4/c16-9-2-1-3-10(18)15(9)12(7-14(21)22)19-11-6-8(17)4-5-13(11)20(23)24/h1-6,12,19H,7H2,(H,21,22)/t12-/m1/s1. The van der Waals surface area contributed by atoms with Crippen molar-refractivity contribution in [2.45, 2.75) is 12.5 Å². The average molecular weight is 418 g/mol. The molecule has 0 radical (unpaired) electrons. The third-order valence-electron chi connectivity index (χ3n) is 3.21. The fourth-order valence-corrected chi connectivity index (χ4v) is 3.00. The normalized spacial score (nSPS) is 11.8. The molecule has 0 heterocycles. The largest absolute Gasteiger partial charge is 0.481 e. The van der Waals surface area contributed by atoms with Crippen LogP contribution in [0.5, 0.6) is 0 Å². The molecule has 0 aliphatic rings. The summed E-state index contributed by atoms with van der Waals surface area (Å²) in [4.78, 5) is 21.6. The van der Waals surface area contributed by atoms with Gasteiger partial charge in [0.25, 0.3) is 5.69 Å². The number of aliphatic carboxylic acids is 1. The van der Waals surface area contributed by atoms with Gasteiger partial charge in [-0.3, -0.25) is 14.9 Å². The molecule has 1 atom stereocenters. The first-order valence-electron chi connectivity index (χ1n) is 6.65. The van der Waals surface area contributed by atoms with Crippen LogP contribution in [-0.4, -0.2) is 16.0 Å². The highest BCUT2D eigenvalue weighted by Gasteiger charge is 2.25. The molecule has 0 aliphatic carbocycles. The van der Waals surface area contributed by atoms with Crippen molar-refractivity contribution in [2.75, 3.05) is 5.32 Å². The molecule has 0 amide bonds. The zero-order valence-corrected chi connectivity index (χ0v) is 14.3. The van der Waals surface area contributed by atoms with E-state index in [0.29, 0.717) is 4.47 Å². The lowest BCUT2D eigenvalue weighted by Crippen LogP contribution is -2.18. The van der Waals surface area contributed by atoms with Gasteiger partial charge in [-0.2, -0.15) is 0 Å². The first-order valence-corrected chi connectivity index (χ1v) is 7.83. The van der Waals surface area contributed by atoms with Crippen LogP contribution in [0, 0.1) is 15.9 Å². The maximum atomic E-state index is 14.2. The summed E-state index contributed by atoms with van der Waals surface area (Å²) in [7, 11) is 0. The van der Waals surface area contributed by atoms with Gasteiger partial charge in [-0.15, -0.1) is 0 Å². The zero-order valence-electron chi connectivity index (χ0n) is 12.0. The molecule has 0 fully saturated rings. The van der Waals surface area contributed by atoms with Crippen LogP contribution in [0.4, 0.5) is 15.8 Å². The second-order valence-corrected chi connectivity index (χ2v) is 6.14. The van der Waals surface area contributed by atoms with Crippen LogP contribution in [0.3, 0.4) is 0 Å². The van der Waals surface area contributed by atoms with E-state index >= 15 is 0 Å². The van der Waals surface area contributed by atoms with Gasteiger partial charge in [-0.1, -0.05) is 33.6 Å². The fourth-order valence-electron chi connectivity index (χ4n) is 2.21. The van der Waals surface area contributed by atoms with Crippen molar-refractivity contribution in [3.05, 3.63) is 67.4 Å². The second kappa shape index (κ2) is 7.59. The third-order valence-corrected chi connectivity index (χ3v) is 4.14. The molecule has 6 nitrogen and oxygen atoms in total. The van der Waals surface area contributed by atoms with Crippen molar-refractivity contribution in [3.8, 4) is 0 Å². The number of hydrogen-bond donors (Lipinski definition) is 2. The number of nitro groups is 1. The summed E-state index contributed by atoms with van der Waals surface area (Å²) in [5.74, 6) is -1.82. The van der Waals surface area contributed by atoms with Gasteiger partial charge in [0.05, 0.1) is 17.4 Å². The number of benzene rings is 2. The van der Waals surface area contributed by atoms with E-state index in [-0.39, 0.29) is 22.0 Å². The molecule has 0 aromatic heterocycles. The van der Waals surface area contributed by atoms with Gasteiger partial charge < -0.3 is 10.4 Å². The SMILES string of the molecule is O=C(O)C[C@@H](Nc1cc(Cl)ccc1[N+](=O)[O-])c1c(F)cccc1Br. The quantitative estimate of drug-likeness (QED) is 0.521. The Kier molecular flexibility index (Phi) is 5.74. The van der Waals surface area contributed by atoms with Crippen LogP contribution < -0.4 is 5.32 Å². The number of carbonyl (C=O) groups is 1. The molecule has 0 saturated heterocycles. The number of carboxylic acid groups (broad SMARTS) is 1. The van der Waals surface area contributed by atoms with Gasteiger partial charge in [0.1, 0.15) is 11.5 Å². The maximum Gasteiger partial charge on any atom is 0.305 e. The van der Waals surface area contributed by atoms with Gasteiger partial charge in [0.15, 0.2) is 0 Å². The number of nitro benzene ring substituents is 1. The fraction of sp³-hybridized carbons (Fsp3) is 0.133. The number of halogens is 3. The lowest BCUT2D eigenvalue weighted by atomic mass is 10.0. The minimum atomic E-state index is -1.19. The highest BCUT2D eigenvalue weighted by molar-refractivity contribution is 9.10. The van der Waals surface area contributed by atoms with Crippen molar-refractivity contribution >= 4 is 44.9 Å². The van der Waals surface area contributed by atoms with Crippen LogP contribution in [0.25, 0.3) is 0 Å². The summed E-state index contributed by atoms with van der Waals surface area (Å²) in [5.41, 5.74) is -0.217. The van der Waals surface area contributed by atoms with E-state index in [1.165, 1.54) is 30.3 Å². The second-order valence-electron chi connectivity index (χ2n) is 4.85. The van der Waals surface area contributed by atoms with Crippen molar-refractivity contribution in [1.29, 1.82) is 0 Å². The predicted octanol–water partition coefficient (Wildman–Crippen LogP) is 4.78. The molecule has 0 spiro atoms. The molecule has 126 valence electrons. The molecular formula is C15H11BrClFN2O4. The smallest absolute Gasteiger partial charge is 0.305 e. The van der Waals surface area contributed by atoms with Gasteiger partial charge in [-0.25, -0.2) is 4.39 Å². The summed E-state index contributed by atoms with van der Waals surface area (Å²) >= 11 is 9.04. The Balaban J connectivity index is 2.50. The van der Waals surface area contributed by atoms with E-state index in [0.717, 1.165) is 0 Å². The highest BCUT2D eigenvalue weighted by Crippen LogP contribution is 2.35. The summed E-state index contributed by atoms with van der Waals surface area (Å²) < 4.78 is 14.5. The maximum absolute atomic E-state index is 14.2. The molecule has 2 aromatic carbocycles. The van der Waals surface area contributed by atoms with Crippen LogP contribution in [0.2, 0.25) is 5.02 Å². The number of carboxylic acids is 1. The van der Waals surface area contributed by atoms with E-state index < -0.39 is 29.2 Å². The minimum absolute atomic E-state index is 0.00824. The van der Waals surface area contributed by atoms with E-state index in [4.69, 9.17) is 16.7 Å². The van der Waals surface area contributed by atoms with Gasteiger partial charge in [-0.05, 0) is 24.3 Å². The Morgan fingerprint density at radius 2 is 2.12 bits per heavy atom. The number of hydrogen-bond acceptors (Lipinski definition) is 4. The lowest BCUT2D eigenvalue weighted by Gasteiger charge is -2.20. The zero-order chi connectivity index (χ0) is 17.9. The van der Waals surface area contributed by atoms with Crippen LogP contribution in [0.15, 0.2) is 40.9 Å². The van der Waals surface area contributed by atoms with Gasteiger partial charge in [0.2, 0.25) is 0 Å². The topological polar surface area (TPSA) is 92.5 Å². The van der Waals surface area contributed by atoms with E-state index in [1.807, 2.05) is 0 Å². The highest BCUT2D eigenvalue weighted by atomic mass is 79.9. The molecule has 0 unspecified atom stereocenters. The van der Waals surface area contributed by atoms with Crippen molar-refractivity contribution in [3.63, 3.8) is 0 Å². The molecule has 9 heteroatoms. The number of nitrogens with one attached hydrogen (secondary N) is 1. The number of rotatable bonds is 6. The summed E-state index contributed by atoms with van der Waals surface area (Å²) in [6.45, 7) is 0. The first-order chi connectivity index (χ1) is 11.3. The van der Waals surface area contributed by atoms with Crippen LogP contribution in [-0.2, 0) is 4.79 Å². The molecule has 2 rings (SSSR count). The van der Waals surface area contributed by atoms with Crippen LogP contribution in [0.1, 0.15) is 18.0 Å². The molecule has 2 aromatic rings. The Morgan fingerprint density at radius 3 is 2.71 bits per heavy atom. The van der Waals surface area contributed by atoms with Gasteiger partial charge >= 0.3 is 5.97 Å².